The molecule has 0 spiro atoms. The predicted molar refractivity (Wildman–Crippen MR) is 93.9 cm³/mol. The number of hydrogen-bond donors (Lipinski definition) is 1. The van der Waals surface area contributed by atoms with E-state index in [1.165, 1.54) is 6.42 Å². The predicted octanol–water partition coefficient (Wildman–Crippen LogP) is 4.07. The molecule has 1 N–H and O–H groups in total. The van der Waals surface area contributed by atoms with E-state index in [0.29, 0.717) is 6.04 Å². The van der Waals surface area contributed by atoms with Gasteiger partial charge in [-0.1, -0.05) is 20.8 Å². The maximum Gasteiger partial charge on any atom is 0.137 e. The molecule has 21 heavy (non-hydrogen) atoms. The summed E-state index contributed by atoms with van der Waals surface area (Å²) in [4.78, 5) is 11.4. The first-order valence-corrected chi connectivity index (χ1v) is 8.48. The normalized spacial score (nSPS) is 12.2. The summed E-state index contributed by atoms with van der Waals surface area (Å²) in [6, 6.07) is 2.56. The molecular weight excluding hydrogens is 328 g/mol. The lowest BCUT2D eigenvalue weighted by Gasteiger charge is -2.21. The van der Waals surface area contributed by atoms with E-state index in [1.807, 2.05) is 6.07 Å². The highest BCUT2D eigenvalue weighted by atomic mass is 79.9. The SMILES string of the molecule is CC(C)N(C)CCCCNc1cc(Br)nc(C(C)(C)C)n1. The third kappa shape index (κ3) is 6.74. The Kier molecular flexibility index (Phi) is 7.07. The van der Waals surface area contributed by atoms with Gasteiger partial charge in [0.2, 0.25) is 0 Å². The van der Waals surface area contributed by atoms with Gasteiger partial charge in [0.25, 0.3) is 0 Å². The molecule has 0 radical (unpaired) electrons. The van der Waals surface area contributed by atoms with E-state index >= 15 is 0 Å². The number of nitrogens with zero attached hydrogens (tertiary/aromatic N) is 3. The van der Waals surface area contributed by atoms with Crippen molar-refractivity contribution in [3.8, 4) is 0 Å². The Morgan fingerprint density at radius 2 is 1.90 bits per heavy atom. The highest BCUT2D eigenvalue weighted by Crippen LogP contribution is 2.22. The minimum atomic E-state index is -0.0415. The van der Waals surface area contributed by atoms with E-state index in [0.717, 1.165) is 35.8 Å². The van der Waals surface area contributed by atoms with Crippen LogP contribution in [-0.4, -0.2) is 41.0 Å². The molecule has 0 aliphatic heterocycles. The molecule has 0 saturated heterocycles. The van der Waals surface area contributed by atoms with Crippen molar-refractivity contribution in [1.82, 2.24) is 14.9 Å². The highest BCUT2D eigenvalue weighted by molar-refractivity contribution is 9.10. The van der Waals surface area contributed by atoms with Crippen molar-refractivity contribution in [3.05, 3.63) is 16.5 Å². The summed E-state index contributed by atoms with van der Waals surface area (Å²) >= 11 is 3.47. The van der Waals surface area contributed by atoms with E-state index in [1.54, 1.807) is 0 Å². The standard InChI is InChI=1S/C16H29BrN4/c1-12(2)21(6)10-8-7-9-18-14-11-13(17)19-15(20-14)16(3,4)5/h11-12H,7-10H2,1-6H3,(H,18,19,20). The summed E-state index contributed by atoms with van der Waals surface area (Å²) in [5.74, 6) is 1.76. The van der Waals surface area contributed by atoms with Crippen molar-refractivity contribution in [3.63, 3.8) is 0 Å². The summed E-state index contributed by atoms with van der Waals surface area (Å²) in [7, 11) is 2.18. The van der Waals surface area contributed by atoms with Crippen LogP contribution in [0.15, 0.2) is 10.7 Å². The molecule has 120 valence electrons. The van der Waals surface area contributed by atoms with Crippen LogP contribution in [0.1, 0.15) is 53.3 Å². The fraction of sp³-hybridized carbons (Fsp3) is 0.750. The minimum Gasteiger partial charge on any atom is -0.370 e. The molecule has 0 atom stereocenters. The lowest BCUT2D eigenvalue weighted by atomic mass is 9.96. The highest BCUT2D eigenvalue weighted by Gasteiger charge is 2.18. The van der Waals surface area contributed by atoms with Crippen molar-refractivity contribution < 1.29 is 0 Å². The number of anilines is 1. The average molecular weight is 357 g/mol. The number of nitrogens with one attached hydrogen (secondary N) is 1. The van der Waals surface area contributed by atoms with Crippen molar-refractivity contribution >= 4 is 21.7 Å². The molecule has 0 fully saturated rings. The van der Waals surface area contributed by atoms with Gasteiger partial charge in [0.15, 0.2) is 0 Å². The molecule has 0 aliphatic carbocycles. The largest absolute Gasteiger partial charge is 0.370 e. The number of aromatic nitrogens is 2. The smallest absolute Gasteiger partial charge is 0.137 e. The molecule has 1 aromatic heterocycles. The van der Waals surface area contributed by atoms with E-state index in [9.17, 15) is 0 Å². The third-order valence-electron chi connectivity index (χ3n) is 3.49. The first-order chi connectivity index (χ1) is 9.70. The van der Waals surface area contributed by atoms with Crippen LogP contribution >= 0.6 is 15.9 Å². The molecule has 0 aromatic carbocycles. The molecule has 1 aromatic rings. The van der Waals surface area contributed by atoms with Crippen LogP contribution in [0.25, 0.3) is 0 Å². The number of unbranched alkanes of at least 4 members (excludes halogenated alkanes) is 1. The summed E-state index contributed by atoms with van der Waals surface area (Å²) in [6.45, 7) is 12.9. The second kappa shape index (κ2) is 8.08. The van der Waals surface area contributed by atoms with E-state index < -0.39 is 0 Å². The molecule has 1 heterocycles. The number of hydrogen-bond acceptors (Lipinski definition) is 4. The topological polar surface area (TPSA) is 41.0 Å². The Hall–Kier alpha value is -0.680. The Balaban J connectivity index is 2.44. The second-order valence-electron chi connectivity index (χ2n) is 6.86. The van der Waals surface area contributed by atoms with Crippen LogP contribution in [0.5, 0.6) is 0 Å². The summed E-state index contributed by atoms with van der Waals surface area (Å²) in [5, 5.41) is 3.40. The maximum absolute atomic E-state index is 4.60. The van der Waals surface area contributed by atoms with E-state index in [2.05, 4.69) is 77.8 Å². The molecule has 0 unspecified atom stereocenters. The Morgan fingerprint density at radius 1 is 1.24 bits per heavy atom. The van der Waals surface area contributed by atoms with Crippen molar-refractivity contribution in [2.45, 2.75) is 58.9 Å². The number of rotatable bonds is 7. The summed E-state index contributed by atoms with van der Waals surface area (Å²) in [6.07, 6.45) is 2.34. The van der Waals surface area contributed by atoms with Crippen LogP contribution in [0, 0.1) is 0 Å². The van der Waals surface area contributed by atoms with Gasteiger partial charge < -0.3 is 10.2 Å². The van der Waals surface area contributed by atoms with Gasteiger partial charge >= 0.3 is 0 Å². The Labute approximate surface area is 137 Å². The van der Waals surface area contributed by atoms with Gasteiger partial charge in [-0.05, 0) is 56.2 Å². The molecule has 1 rings (SSSR count). The summed E-state index contributed by atoms with van der Waals surface area (Å²) in [5.41, 5.74) is -0.0415. The quantitative estimate of drug-likeness (QED) is 0.590. The first kappa shape index (κ1) is 18.4. The van der Waals surface area contributed by atoms with Crippen LogP contribution in [0.4, 0.5) is 5.82 Å². The fourth-order valence-corrected chi connectivity index (χ4v) is 2.19. The van der Waals surface area contributed by atoms with E-state index in [4.69, 9.17) is 0 Å². The average Bonchev–Trinajstić information content (AvgIpc) is 2.36. The zero-order valence-electron chi connectivity index (χ0n) is 14.2. The lowest BCUT2D eigenvalue weighted by molar-refractivity contribution is 0.269. The van der Waals surface area contributed by atoms with Gasteiger partial charge in [0.05, 0.1) is 0 Å². The first-order valence-electron chi connectivity index (χ1n) is 7.69. The van der Waals surface area contributed by atoms with Crippen LogP contribution in [0.3, 0.4) is 0 Å². The van der Waals surface area contributed by atoms with E-state index in [-0.39, 0.29) is 5.41 Å². The zero-order valence-corrected chi connectivity index (χ0v) is 15.8. The van der Waals surface area contributed by atoms with Crippen molar-refractivity contribution in [1.29, 1.82) is 0 Å². The van der Waals surface area contributed by atoms with Gasteiger partial charge in [-0.15, -0.1) is 0 Å². The molecule has 0 aliphatic rings. The van der Waals surface area contributed by atoms with Gasteiger partial charge in [-0.2, -0.15) is 0 Å². The van der Waals surface area contributed by atoms with Crippen LogP contribution in [0.2, 0.25) is 0 Å². The second-order valence-corrected chi connectivity index (χ2v) is 7.67. The van der Waals surface area contributed by atoms with Gasteiger partial charge in [0.1, 0.15) is 16.2 Å². The Bertz CT molecular complexity index is 440. The Morgan fingerprint density at radius 3 is 2.48 bits per heavy atom. The minimum absolute atomic E-state index is 0.0415. The van der Waals surface area contributed by atoms with Gasteiger partial charge in [0, 0.05) is 24.1 Å². The molecule has 0 amide bonds. The fourth-order valence-electron chi connectivity index (χ4n) is 1.80. The van der Waals surface area contributed by atoms with Crippen molar-refractivity contribution in [2.75, 3.05) is 25.5 Å². The third-order valence-corrected chi connectivity index (χ3v) is 3.90. The molecule has 4 nitrogen and oxygen atoms in total. The lowest BCUT2D eigenvalue weighted by Crippen LogP contribution is -2.27. The van der Waals surface area contributed by atoms with Gasteiger partial charge in [-0.3, -0.25) is 0 Å². The van der Waals surface area contributed by atoms with Crippen LogP contribution < -0.4 is 5.32 Å². The summed E-state index contributed by atoms with van der Waals surface area (Å²) < 4.78 is 0.837. The van der Waals surface area contributed by atoms with Crippen molar-refractivity contribution in [2.24, 2.45) is 0 Å². The monoisotopic (exact) mass is 356 g/mol. The molecule has 0 saturated carbocycles. The van der Waals surface area contributed by atoms with Gasteiger partial charge in [-0.25, -0.2) is 9.97 Å². The number of halogens is 1. The molecular formula is C16H29BrN4. The zero-order chi connectivity index (χ0) is 16.0. The maximum atomic E-state index is 4.60. The molecule has 5 heteroatoms. The van der Waals surface area contributed by atoms with Crippen LogP contribution in [-0.2, 0) is 5.41 Å². The molecule has 0 bridgehead atoms.